The number of nitrogens with one attached hydrogen (secondary N) is 1. The van der Waals surface area contributed by atoms with Gasteiger partial charge in [0.1, 0.15) is 13.4 Å². The van der Waals surface area contributed by atoms with Crippen LogP contribution in [0.1, 0.15) is 20.3 Å². The molecule has 0 aromatic heterocycles. The molecule has 1 saturated heterocycles. The van der Waals surface area contributed by atoms with Gasteiger partial charge in [0.25, 0.3) is 0 Å². The van der Waals surface area contributed by atoms with E-state index < -0.39 is 18.8 Å². The maximum absolute atomic E-state index is 10.5. The number of carbonyl (C=O) groups excluding carboxylic acids is 1. The largest absolute Gasteiger partial charge is 0.541 e. The van der Waals surface area contributed by atoms with Gasteiger partial charge in [0, 0.05) is 29.9 Å². The summed E-state index contributed by atoms with van der Waals surface area (Å²) in [7, 11) is 1.96. The summed E-state index contributed by atoms with van der Waals surface area (Å²) in [4.78, 5) is 10.5. The Balaban J connectivity index is 0.00000361. The van der Waals surface area contributed by atoms with Crippen molar-refractivity contribution in [1.29, 1.82) is 0 Å². The van der Waals surface area contributed by atoms with E-state index in [0.717, 1.165) is 6.42 Å². The fourth-order valence-corrected chi connectivity index (χ4v) is 2.69. The number of alkyl halides is 1. The fourth-order valence-electron chi connectivity index (χ4n) is 2.47. The van der Waals surface area contributed by atoms with E-state index in [9.17, 15) is 15.0 Å². The second kappa shape index (κ2) is 9.46. The second-order valence-electron chi connectivity index (χ2n) is 5.14. The van der Waals surface area contributed by atoms with Gasteiger partial charge in [-0.2, -0.15) is 0 Å². The number of halogens is 1. The van der Waals surface area contributed by atoms with Crippen LogP contribution < -0.4 is 5.32 Å². The molecule has 0 amide bonds. The quantitative estimate of drug-likeness (QED) is 0.121. The number of aliphatic hydroxyl groups excluding tert-OH is 3. The molecule has 1 fully saturated rings. The Morgan fingerprint density at radius 2 is 2.10 bits per heavy atom. The summed E-state index contributed by atoms with van der Waals surface area (Å²) in [6, 6.07) is 0. The van der Waals surface area contributed by atoms with Crippen LogP contribution in [-0.2, 0) is 4.79 Å². The van der Waals surface area contributed by atoms with Crippen LogP contribution >= 0.6 is 22.6 Å². The maximum Gasteiger partial charge on any atom is 0.145 e. The molecule has 1 aliphatic heterocycles. The molecule has 0 aromatic rings. The number of rotatable bonds is 9. The van der Waals surface area contributed by atoms with E-state index in [-0.39, 0.29) is 51.0 Å². The SMILES string of the molecule is CCC(C)C1(NCC(I)[C-]=O)[B]C1C(O)C(O)CO.[Np]. The summed E-state index contributed by atoms with van der Waals surface area (Å²) in [5.41, 5.74) is -0.370. The van der Waals surface area contributed by atoms with Gasteiger partial charge in [-0.25, -0.2) is 0 Å². The molecule has 6 atom stereocenters. The third kappa shape index (κ3) is 4.91. The van der Waals surface area contributed by atoms with Crippen molar-refractivity contribution in [3.8, 4) is 0 Å². The zero-order chi connectivity index (χ0) is 14.6. The molecule has 0 saturated carbocycles. The van der Waals surface area contributed by atoms with E-state index in [1.165, 1.54) is 0 Å². The van der Waals surface area contributed by atoms with Crippen LogP contribution in [0.5, 0.6) is 0 Å². The van der Waals surface area contributed by atoms with E-state index in [0.29, 0.717) is 6.54 Å². The summed E-state index contributed by atoms with van der Waals surface area (Å²) in [6.45, 7) is 4.14. The van der Waals surface area contributed by atoms with E-state index in [1.807, 2.05) is 36.2 Å². The third-order valence-electron chi connectivity index (χ3n) is 3.99. The van der Waals surface area contributed by atoms with Crippen molar-refractivity contribution < 1.29 is 50.1 Å². The molecule has 1 rings (SSSR count). The smallest absolute Gasteiger partial charge is 0.145 e. The first-order valence-corrected chi connectivity index (χ1v) is 7.77. The standard InChI is InChI=1S/C12H21BINO4.Np/c1-3-7(2)12(15-4-8(14)5-16)11(13-12)10(19)9(18)6-17;/h7-11,15,17-19H,3-4,6H2,1-2H3;/q-1;. The van der Waals surface area contributed by atoms with Gasteiger partial charge in [0.2, 0.25) is 0 Å². The Morgan fingerprint density at radius 3 is 2.55 bits per heavy atom. The van der Waals surface area contributed by atoms with Gasteiger partial charge in [-0.3, -0.25) is 6.29 Å². The van der Waals surface area contributed by atoms with Crippen molar-refractivity contribution >= 4 is 36.2 Å². The summed E-state index contributed by atoms with van der Waals surface area (Å²) < 4.78 is -0.243. The molecule has 4 N–H and O–H groups in total. The molecule has 0 bridgehead atoms. The minimum absolute atomic E-state index is 0. The molecule has 6 unspecified atom stereocenters. The van der Waals surface area contributed by atoms with Crippen LogP contribution in [0.3, 0.4) is 0 Å². The van der Waals surface area contributed by atoms with Gasteiger partial charge >= 0.3 is 0 Å². The van der Waals surface area contributed by atoms with Crippen molar-refractivity contribution in [2.75, 3.05) is 13.2 Å². The summed E-state index contributed by atoms with van der Waals surface area (Å²) in [5, 5.41) is 31.7. The maximum atomic E-state index is 10.5. The Bertz CT molecular complexity index is 315. The molecule has 1 heterocycles. The average Bonchev–Trinajstić information content (AvgIpc) is 3.17. The topological polar surface area (TPSA) is 89.8 Å². The van der Waals surface area contributed by atoms with Gasteiger partial charge in [-0.05, 0) is 23.7 Å². The van der Waals surface area contributed by atoms with Crippen molar-refractivity contribution in [3.05, 3.63) is 0 Å². The first-order chi connectivity index (χ1) is 8.92. The third-order valence-corrected chi connectivity index (χ3v) is 4.68. The molecule has 0 aromatic carbocycles. The monoisotopic (exact) mass is 617 g/mol. The van der Waals surface area contributed by atoms with E-state index >= 15 is 0 Å². The number of aliphatic hydroxyl groups is 3. The summed E-state index contributed by atoms with van der Waals surface area (Å²) in [6.07, 6.45) is 0.700. The van der Waals surface area contributed by atoms with E-state index in [2.05, 4.69) is 19.2 Å². The average molecular weight is 618 g/mol. The van der Waals surface area contributed by atoms with E-state index in [1.54, 1.807) is 0 Å². The number of hydrogen-bond acceptors (Lipinski definition) is 5. The van der Waals surface area contributed by atoms with Crippen LogP contribution in [0, 0.1) is 35.9 Å². The minimum atomic E-state index is -1.14. The van der Waals surface area contributed by atoms with Gasteiger partial charge in [0.15, 0.2) is 0 Å². The van der Waals surface area contributed by atoms with Crippen molar-refractivity contribution in [2.24, 2.45) is 5.92 Å². The summed E-state index contributed by atoms with van der Waals surface area (Å²) in [5.74, 6) is 0.0631. The van der Waals surface area contributed by atoms with Crippen molar-refractivity contribution in [1.82, 2.24) is 5.32 Å². The fraction of sp³-hybridized carbons (Fsp3) is 0.917. The van der Waals surface area contributed by atoms with Gasteiger partial charge in [0.05, 0.1) is 12.7 Å². The molecule has 20 heavy (non-hydrogen) atoms. The molecule has 114 valence electrons. The molecule has 0 aliphatic carbocycles. The molecule has 0 spiro atoms. The van der Waals surface area contributed by atoms with Crippen LogP contribution in [0.25, 0.3) is 0 Å². The molecule has 1 aliphatic rings. The first-order valence-electron chi connectivity index (χ1n) is 6.52. The zero-order valence-corrected chi connectivity index (χ0v) is 17.5. The van der Waals surface area contributed by atoms with Gasteiger partial charge in [-0.1, -0.05) is 24.2 Å². The predicted octanol–water partition coefficient (Wildman–Crippen LogP) is -0.548. The molecular weight excluding hydrogens is 597 g/mol. The van der Waals surface area contributed by atoms with E-state index in [4.69, 9.17) is 5.11 Å². The van der Waals surface area contributed by atoms with Crippen LogP contribution in [0.2, 0.25) is 5.82 Å². The minimum Gasteiger partial charge on any atom is -0.541 e. The summed E-state index contributed by atoms with van der Waals surface area (Å²) >= 11 is 2.00. The Labute approximate surface area is 157 Å². The molecular formula is C12H21BINNpO4-. The van der Waals surface area contributed by atoms with Crippen molar-refractivity contribution in [3.63, 3.8) is 0 Å². The normalized spacial score (nSPS) is 30.4. The van der Waals surface area contributed by atoms with Gasteiger partial charge < -0.3 is 25.4 Å². The number of hydrogen-bond donors (Lipinski definition) is 4. The van der Waals surface area contributed by atoms with Gasteiger partial charge in [-0.15, -0.1) is 22.6 Å². The van der Waals surface area contributed by atoms with Crippen molar-refractivity contribution in [2.45, 2.75) is 47.7 Å². The van der Waals surface area contributed by atoms with Crippen LogP contribution in [-0.4, -0.2) is 63.6 Å². The second-order valence-corrected chi connectivity index (χ2v) is 6.65. The van der Waals surface area contributed by atoms with Crippen LogP contribution in [0.15, 0.2) is 0 Å². The molecule has 2 radical (unpaired) electrons. The molecule has 8 heteroatoms. The Hall–Kier alpha value is 1.32. The molecule has 5 nitrogen and oxygen atoms in total. The Morgan fingerprint density at radius 1 is 1.50 bits per heavy atom. The van der Waals surface area contributed by atoms with Crippen LogP contribution in [0.4, 0.5) is 0 Å². The predicted molar refractivity (Wildman–Crippen MR) is 82.3 cm³/mol. The first kappa shape index (κ1) is 21.3. The zero-order valence-electron chi connectivity index (χ0n) is 11.7. The Kier molecular flexibility index (Phi) is 10.1.